The molecule has 112 valence electrons. The summed E-state index contributed by atoms with van der Waals surface area (Å²) in [4.78, 5) is 13.7. The molecule has 21 heavy (non-hydrogen) atoms. The van der Waals surface area contributed by atoms with Crippen LogP contribution in [0.15, 0.2) is 43.0 Å². The molecular weight excluding hydrogens is 266 g/mol. The van der Waals surface area contributed by atoms with E-state index in [9.17, 15) is 4.79 Å². The lowest BCUT2D eigenvalue weighted by Crippen LogP contribution is -2.36. The average Bonchev–Trinajstić information content (AvgIpc) is 3.04. The van der Waals surface area contributed by atoms with Crippen molar-refractivity contribution in [3.8, 4) is 0 Å². The van der Waals surface area contributed by atoms with Gasteiger partial charge in [-0.05, 0) is 12.0 Å². The van der Waals surface area contributed by atoms with E-state index in [1.165, 1.54) is 5.56 Å². The lowest BCUT2D eigenvalue weighted by molar-refractivity contribution is 0.0614. The van der Waals surface area contributed by atoms with E-state index in [1.54, 1.807) is 0 Å². The Bertz CT molecular complexity index is 502. The monoisotopic (exact) mass is 287 g/mol. The molecule has 1 aromatic rings. The number of hydrogen-bond donors (Lipinski definition) is 0. The third-order valence-corrected chi connectivity index (χ3v) is 4.29. The zero-order valence-corrected chi connectivity index (χ0v) is 12.1. The predicted octanol–water partition coefficient (Wildman–Crippen LogP) is 2.99. The third kappa shape index (κ3) is 2.95. The maximum atomic E-state index is 11.8. The van der Waals surface area contributed by atoms with Crippen molar-refractivity contribution in [2.45, 2.75) is 31.6 Å². The van der Waals surface area contributed by atoms with Gasteiger partial charge in [0.15, 0.2) is 0 Å². The van der Waals surface area contributed by atoms with Gasteiger partial charge in [0.1, 0.15) is 6.10 Å². The highest BCUT2D eigenvalue weighted by atomic mass is 16.6. The first kappa shape index (κ1) is 14.1. The van der Waals surface area contributed by atoms with Crippen molar-refractivity contribution in [3.05, 3.63) is 48.6 Å². The molecule has 2 fully saturated rings. The van der Waals surface area contributed by atoms with Crippen molar-refractivity contribution in [3.63, 3.8) is 0 Å². The second-order valence-electron chi connectivity index (χ2n) is 5.68. The highest BCUT2D eigenvalue weighted by Crippen LogP contribution is 2.35. The smallest absolute Gasteiger partial charge is 0.410 e. The van der Waals surface area contributed by atoms with Crippen molar-refractivity contribution in [1.82, 2.24) is 4.90 Å². The second kappa shape index (κ2) is 6.31. The topological polar surface area (TPSA) is 38.8 Å². The van der Waals surface area contributed by atoms with Crippen LogP contribution in [0.4, 0.5) is 4.79 Å². The van der Waals surface area contributed by atoms with Crippen LogP contribution in [0.5, 0.6) is 0 Å². The van der Waals surface area contributed by atoms with Crippen molar-refractivity contribution >= 4 is 6.09 Å². The Morgan fingerprint density at radius 2 is 2.19 bits per heavy atom. The molecule has 1 aromatic carbocycles. The Balaban J connectivity index is 1.56. The molecule has 2 saturated heterocycles. The number of cyclic esters (lactones) is 1. The average molecular weight is 287 g/mol. The Kier molecular flexibility index (Phi) is 4.25. The van der Waals surface area contributed by atoms with E-state index < -0.39 is 0 Å². The number of rotatable bonds is 6. The van der Waals surface area contributed by atoms with Crippen LogP contribution in [-0.2, 0) is 16.1 Å². The van der Waals surface area contributed by atoms with Crippen molar-refractivity contribution in [2.24, 2.45) is 5.92 Å². The first-order chi connectivity index (χ1) is 10.3. The van der Waals surface area contributed by atoms with Gasteiger partial charge in [0.05, 0.1) is 19.3 Å². The second-order valence-corrected chi connectivity index (χ2v) is 5.68. The number of amides is 1. The van der Waals surface area contributed by atoms with Crippen LogP contribution >= 0.6 is 0 Å². The summed E-state index contributed by atoms with van der Waals surface area (Å²) in [5, 5.41) is 0. The highest BCUT2D eigenvalue weighted by molar-refractivity contribution is 5.71. The van der Waals surface area contributed by atoms with E-state index in [0.29, 0.717) is 25.6 Å². The Hall–Kier alpha value is -1.81. The zero-order chi connectivity index (χ0) is 14.7. The molecule has 4 nitrogen and oxygen atoms in total. The fourth-order valence-electron chi connectivity index (χ4n) is 3.30. The molecule has 3 rings (SSSR count). The van der Waals surface area contributed by atoms with Gasteiger partial charge in [-0.3, -0.25) is 0 Å². The number of ether oxygens (including phenoxy) is 2. The van der Waals surface area contributed by atoms with Gasteiger partial charge in [-0.15, -0.1) is 6.58 Å². The predicted molar refractivity (Wildman–Crippen MR) is 79.8 cm³/mol. The van der Waals surface area contributed by atoms with Gasteiger partial charge in [-0.25, -0.2) is 4.79 Å². The number of fused-ring (bicyclic) bond motifs is 1. The molecule has 0 aliphatic carbocycles. The number of benzene rings is 1. The van der Waals surface area contributed by atoms with E-state index in [2.05, 4.69) is 18.7 Å². The molecule has 0 N–H and O–H groups in total. The van der Waals surface area contributed by atoms with Crippen LogP contribution in [0.25, 0.3) is 0 Å². The lowest BCUT2D eigenvalue weighted by Gasteiger charge is -2.22. The van der Waals surface area contributed by atoms with E-state index in [-0.39, 0.29) is 18.2 Å². The van der Waals surface area contributed by atoms with Gasteiger partial charge in [0, 0.05) is 18.9 Å². The summed E-state index contributed by atoms with van der Waals surface area (Å²) in [6.45, 7) is 5.81. The summed E-state index contributed by atoms with van der Waals surface area (Å²) < 4.78 is 11.3. The molecular formula is C17H21NO3. The first-order valence-electron chi connectivity index (χ1n) is 7.49. The summed E-state index contributed by atoms with van der Waals surface area (Å²) >= 11 is 0. The van der Waals surface area contributed by atoms with E-state index in [4.69, 9.17) is 9.47 Å². The van der Waals surface area contributed by atoms with Gasteiger partial charge in [0.25, 0.3) is 0 Å². The molecule has 2 aliphatic heterocycles. The van der Waals surface area contributed by atoms with Crippen LogP contribution in [0.2, 0.25) is 0 Å². The fraction of sp³-hybridized carbons (Fsp3) is 0.471. The maximum absolute atomic E-state index is 11.8. The van der Waals surface area contributed by atoms with Crippen molar-refractivity contribution in [2.75, 3.05) is 13.2 Å². The molecule has 2 aliphatic rings. The Labute approximate surface area is 125 Å². The third-order valence-electron chi connectivity index (χ3n) is 4.29. The molecule has 0 spiro atoms. The summed E-state index contributed by atoms with van der Waals surface area (Å²) in [5.74, 6) is 0.352. The Morgan fingerprint density at radius 3 is 2.95 bits per heavy atom. The summed E-state index contributed by atoms with van der Waals surface area (Å²) in [6, 6.07) is 10.3. The molecule has 0 unspecified atom stereocenters. The molecule has 0 saturated carbocycles. The van der Waals surface area contributed by atoms with Crippen LogP contribution in [0.1, 0.15) is 18.4 Å². The molecule has 0 aromatic heterocycles. The number of carbonyl (C=O) groups excluding carboxylic acids is 1. The normalized spacial score (nSPS) is 27.5. The number of carbonyl (C=O) groups is 1. The van der Waals surface area contributed by atoms with Crippen molar-refractivity contribution < 1.29 is 14.3 Å². The molecule has 1 amide bonds. The highest BCUT2D eigenvalue weighted by Gasteiger charge is 2.49. The van der Waals surface area contributed by atoms with Crippen LogP contribution in [-0.4, -0.2) is 36.3 Å². The summed E-state index contributed by atoms with van der Waals surface area (Å²) in [5.41, 5.74) is 1.17. The standard InChI is InChI=1S/C17H21NO3/c1-2-6-15-16-14(9-10-18(16)17(19)21-15)12-20-11-13-7-4-3-5-8-13/h2-5,7-8,14-16H,1,6,9-12H2/t14-,15-,16-/m1/s1. The van der Waals surface area contributed by atoms with Crippen LogP contribution < -0.4 is 0 Å². The molecule has 0 bridgehead atoms. The largest absolute Gasteiger partial charge is 0.444 e. The molecule has 4 heteroatoms. The van der Waals surface area contributed by atoms with Gasteiger partial charge >= 0.3 is 6.09 Å². The SMILES string of the molecule is C=CC[C@H]1OC(=O)N2CC[C@H](COCc3ccccc3)[C@H]12. The molecule has 0 radical (unpaired) electrons. The van der Waals surface area contributed by atoms with Crippen molar-refractivity contribution in [1.29, 1.82) is 0 Å². The van der Waals surface area contributed by atoms with E-state index in [1.807, 2.05) is 29.2 Å². The first-order valence-corrected chi connectivity index (χ1v) is 7.49. The number of nitrogens with zero attached hydrogens (tertiary/aromatic N) is 1. The van der Waals surface area contributed by atoms with Gasteiger partial charge in [-0.1, -0.05) is 36.4 Å². The number of hydrogen-bond acceptors (Lipinski definition) is 3. The molecule has 2 heterocycles. The Morgan fingerprint density at radius 1 is 1.38 bits per heavy atom. The van der Waals surface area contributed by atoms with Gasteiger partial charge < -0.3 is 14.4 Å². The van der Waals surface area contributed by atoms with Crippen LogP contribution in [0, 0.1) is 5.92 Å². The zero-order valence-electron chi connectivity index (χ0n) is 12.1. The van der Waals surface area contributed by atoms with E-state index >= 15 is 0 Å². The quantitative estimate of drug-likeness (QED) is 0.755. The minimum absolute atomic E-state index is 0.0668. The van der Waals surface area contributed by atoms with E-state index in [0.717, 1.165) is 13.0 Å². The van der Waals surface area contributed by atoms with Gasteiger partial charge in [-0.2, -0.15) is 0 Å². The molecule has 3 atom stereocenters. The maximum Gasteiger partial charge on any atom is 0.410 e. The van der Waals surface area contributed by atoms with Crippen LogP contribution in [0.3, 0.4) is 0 Å². The van der Waals surface area contributed by atoms with Gasteiger partial charge in [0.2, 0.25) is 0 Å². The summed E-state index contributed by atoms with van der Waals surface area (Å²) in [7, 11) is 0. The lowest BCUT2D eigenvalue weighted by atomic mass is 9.95. The fourth-order valence-corrected chi connectivity index (χ4v) is 3.30. The summed E-state index contributed by atoms with van der Waals surface area (Å²) in [6.07, 6.45) is 3.27. The minimum Gasteiger partial charge on any atom is -0.444 e. The minimum atomic E-state index is -0.183.